The van der Waals surface area contributed by atoms with Crippen LogP contribution < -0.4 is 4.74 Å². The number of aromatic amines is 1. The second kappa shape index (κ2) is 9.64. The van der Waals surface area contributed by atoms with E-state index in [1.807, 2.05) is 31.2 Å². The van der Waals surface area contributed by atoms with Crippen LogP contribution in [0, 0.1) is 13.8 Å². The molecule has 0 bridgehead atoms. The lowest BCUT2D eigenvalue weighted by Gasteiger charge is -2.12. The van der Waals surface area contributed by atoms with E-state index in [1.54, 1.807) is 12.1 Å². The Morgan fingerprint density at radius 3 is 2.40 bits per heavy atom. The molecule has 3 heterocycles. The second-order valence-corrected chi connectivity index (χ2v) is 9.12. The van der Waals surface area contributed by atoms with Gasteiger partial charge in [-0.3, -0.25) is 0 Å². The highest BCUT2D eigenvalue weighted by molar-refractivity contribution is 6.36. The predicted octanol–water partition coefficient (Wildman–Crippen LogP) is 5.72. The first kappa shape index (κ1) is 23.3. The molecule has 10 heteroatoms. The largest absolute Gasteiger partial charge is 0.489 e. The van der Waals surface area contributed by atoms with Crippen LogP contribution in [-0.2, 0) is 19.6 Å². The third-order valence-electron chi connectivity index (χ3n) is 5.81. The van der Waals surface area contributed by atoms with Gasteiger partial charge in [-0.25, -0.2) is 9.97 Å². The number of nitrogens with zero attached hydrogens (tertiary/aromatic N) is 6. The predicted molar refractivity (Wildman–Crippen MR) is 136 cm³/mol. The van der Waals surface area contributed by atoms with Crippen LogP contribution >= 0.6 is 23.2 Å². The topological polar surface area (TPSA) is 94.4 Å². The monoisotopic (exact) mass is 507 g/mol. The standard InChI is InChI=1S/C25H23Cl2N7O/c1-4-22-29-23-14(2)9-15(3)28-25(23)34(22)12-16-5-7-18(8-6-16)35-13-19-20(26)10-17(11-21(19)27)24-30-32-33-31-24/h5-11H,4,12-13H2,1-3H3,(H,30,31,32,33). The van der Waals surface area contributed by atoms with Crippen LogP contribution in [0.25, 0.3) is 22.6 Å². The van der Waals surface area contributed by atoms with Crippen LogP contribution in [0.5, 0.6) is 5.75 Å². The summed E-state index contributed by atoms with van der Waals surface area (Å²) < 4.78 is 8.16. The first-order chi connectivity index (χ1) is 16.9. The Labute approximate surface area is 212 Å². The van der Waals surface area contributed by atoms with Crippen molar-refractivity contribution in [2.24, 2.45) is 0 Å². The Morgan fingerprint density at radius 1 is 1.00 bits per heavy atom. The molecule has 0 amide bonds. The van der Waals surface area contributed by atoms with Gasteiger partial charge in [-0.1, -0.05) is 42.3 Å². The minimum absolute atomic E-state index is 0.234. The molecule has 0 unspecified atom stereocenters. The van der Waals surface area contributed by atoms with Crippen LogP contribution in [0.2, 0.25) is 10.0 Å². The van der Waals surface area contributed by atoms with Gasteiger partial charge in [-0.2, -0.15) is 5.21 Å². The molecule has 0 atom stereocenters. The van der Waals surface area contributed by atoms with Crippen LogP contribution in [0.1, 0.15) is 35.1 Å². The average Bonchev–Trinajstić information content (AvgIpc) is 3.48. The maximum atomic E-state index is 6.46. The fraction of sp³-hybridized carbons (Fsp3) is 0.240. The van der Waals surface area contributed by atoms with Crippen molar-refractivity contribution in [3.05, 3.63) is 80.7 Å². The number of hydrogen-bond acceptors (Lipinski definition) is 6. The molecule has 5 rings (SSSR count). The molecule has 0 radical (unpaired) electrons. The molecule has 2 aromatic carbocycles. The van der Waals surface area contributed by atoms with Gasteiger partial charge in [0.1, 0.15) is 23.7 Å². The van der Waals surface area contributed by atoms with Crippen molar-refractivity contribution in [3.8, 4) is 17.1 Å². The van der Waals surface area contributed by atoms with Crippen molar-refractivity contribution in [1.29, 1.82) is 0 Å². The van der Waals surface area contributed by atoms with E-state index in [0.717, 1.165) is 46.0 Å². The van der Waals surface area contributed by atoms with Gasteiger partial charge in [0.15, 0.2) is 5.65 Å². The molecule has 35 heavy (non-hydrogen) atoms. The van der Waals surface area contributed by atoms with Crippen LogP contribution in [0.15, 0.2) is 42.5 Å². The van der Waals surface area contributed by atoms with E-state index in [0.29, 0.717) is 33.5 Å². The van der Waals surface area contributed by atoms with Gasteiger partial charge >= 0.3 is 0 Å². The van der Waals surface area contributed by atoms with E-state index < -0.39 is 0 Å². The highest BCUT2D eigenvalue weighted by atomic mass is 35.5. The summed E-state index contributed by atoms with van der Waals surface area (Å²) in [6, 6.07) is 13.6. The zero-order chi connectivity index (χ0) is 24.5. The highest BCUT2D eigenvalue weighted by Crippen LogP contribution is 2.31. The maximum Gasteiger partial charge on any atom is 0.204 e. The number of benzene rings is 2. The lowest BCUT2D eigenvalue weighted by atomic mass is 10.1. The molecule has 0 aliphatic carbocycles. The van der Waals surface area contributed by atoms with Crippen LogP contribution in [0.4, 0.5) is 0 Å². The summed E-state index contributed by atoms with van der Waals surface area (Å²) in [7, 11) is 0. The van der Waals surface area contributed by atoms with Crippen molar-refractivity contribution in [2.45, 2.75) is 40.3 Å². The van der Waals surface area contributed by atoms with Crippen molar-refractivity contribution in [1.82, 2.24) is 35.2 Å². The normalized spacial score (nSPS) is 11.3. The van der Waals surface area contributed by atoms with Crippen LogP contribution in [-0.4, -0.2) is 35.2 Å². The van der Waals surface area contributed by atoms with E-state index in [2.05, 4.69) is 45.1 Å². The molecule has 0 fully saturated rings. The lowest BCUT2D eigenvalue weighted by molar-refractivity contribution is 0.306. The number of fused-ring (bicyclic) bond motifs is 1. The van der Waals surface area contributed by atoms with Gasteiger partial charge in [0.2, 0.25) is 5.82 Å². The fourth-order valence-corrected chi connectivity index (χ4v) is 4.66. The molecule has 3 aromatic heterocycles. The average molecular weight is 508 g/mol. The summed E-state index contributed by atoms with van der Waals surface area (Å²) in [6.07, 6.45) is 0.836. The Kier molecular flexibility index (Phi) is 6.40. The Morgan fingerprint density at radius 2 is 1.74 bits per heavy atom. The zero-order valence-corrected chi connectivity index (χ0v) is 21.0. The first-order valence-corrected chi connectivity index (χ1v) is 12.0. The number of aryl methyl sites for hydroxylation is 3. The molecule has 0 aliphatic rings. The van der Waals surface area contributed by atoms with Gasteiger partial charge in [0.05, 0.1) is 6.54 Å². The van der Waals surface area contributed by atoms with E-state index in [1.165, 1.54) is 0 Å². The number of rotatable bonds is 7. The maximum absolute atomic E-state index is 6.46. The summed E-state index contributed by atoms with van der Waals surface area (Å²) in [5, 5.41) is 14.9. The minimum Gasteiger partial charge on any atom is -0.489 e. The number of pyridine rings is 1. The lowest BCUT2D eigenvalue weighted by Crippen LogP contribution is -2.06. The van der Waals surface area contributed by atoms with E-state index in [9.17, 15) is 0 Å². The van der Waals surface area contributed by atoms with Crippen molar-refractivity contribution in [2.75, 3.05) is 0 Å². The number of ether oxygens (including phenoxy) is 1. The van der Waals surface area contributed by atoms with E-state index in [-0.39, 0.29) is 6.61 Å². The quantitative estimate of drug-likeness (QED) is 0.302. The molecule has 8 nitrogen and oxygen atoms in total. The van der Waals surface area contributed by atoms with Gasteiger partial charge in [0, 0.05) is 33.3 Å². The third-order valence-corrected chi connectivity index (χ3v) is 6.48. The summed E-state index contributed by atoms with van der Waals surface area (Å²) in [5.74, 6) is 2.17. The molecule has 178 valence electrons. The molecule has 1 N–H and O–H groups in total. The molecular formula is C25H23Cl2N7O. The van der Waals surface area contributed by atoms with Gasteiger partial charge < -0.3 is 9.30 Å². The van der Waals surface area contributed by atoms with Crippen molar-refractivity contribution >= 4 is 34.4 Å². The number of hydrogen-bond donors (Lipinski definition) is 1. The number of aromatic nitrogens is 7. The van der Waals surface area contributed by atoms with Crippen molar-refractivity contribution < 1.29 is 4.74 Å². The van der Waals surface area contributed by atoms with Crippen molar-refractivity contribution in [3.63, 3.8) is 0 Å². The molecule has 0 spiro atoms. The number of H-pyrrole nitrogens is 1. The third kappa shape index (κ3) is 4.72. The van der Waals surface area contributed by atoms with Gasteiger partial charge in [-0.05, 0) is 60.5 Å². The molecular weight excluding hydrogens is 485 g/mol. The highest BCUT2D eigenvalue weighted by Gasteiger charge is 2.15. The molecule has 0 saturated carbocycles. The summed E-state index contributed by atoms with van der Waals surface area (Å²) in [5.41, 5.74) is 6.53. The SMILES string of the molecule is CCc1nc2c(C)cc(C)nc2n1Cc1ccc(OCc2c(Cl)cc(-c3nn[nH]n3)cc2Cl)cc1. The van der Waals surface area contributed by atoms with Crippen LogP contribution in [0.3, 0.4) is 0 Å². The minimum atomic E-state index is 0.234. The zero-order valence-electron chi connectivity index (χ0n) is 19.5. The number of halogens is 2. The van der Waals surface area contributed by atoms with E-state index >= 15 is 0 Å². The Hall–Kier alpha value is -3.49. The molecule has 0 saturated heterocycles. The number of tetrazole rings is 1. The fourth-order valence-electron chi connectivity index (χ4n) is 4.07. The summed E-state index contributed by atoms with van der Waals surface area (Å²) >= 11 is 12.9. The van der Waals surface area contributed by atoms with E-state index in [4.69, 9.17) is 37.9 Å². The number of imidazole rings is 1. The van der Waals surface area contributed by atoms with Gasteiger partial charge in [0.25, 0.3) is 0 Å². The summed E-state index contributed by atoms with van der Waals surface area (Å²) in [6.45, 7) is 7.13. The Balaban J connectivity index is 1.32. The molecule has 5 aromatic rings. The number of nitrogens with one attached hydrogen (secondary N) is 1. The smallest absolute Gasteiger partial charge is 0.204 e. The second-order valence-electron chi connectivity index (χ2n) is 8.31. The molecule has 0 aliphatic heterocycles. The van der Waals surface area contributed by atoms with Gasteiger partial charge in [-0.15, -0.1) is 10.2 Å². The summed E-state index contributed by atoms with van der Waals surface area (Å²) in [4.78, 5) is 9.58. The first-order valence-electron chi connectivity index (χ1n) is 11.2. The Bertz CT molecular complexity index is 1470.